The Bertz CT molecular complexity index is 555. The summed E-state index contributed by atoms with van der Waals surface area (Å²) in [6, 6.07) is 17.3. The second-order valence-electron chi connectivity index (χ2n) is 3.88. The highest BCUT2D eigenvalue weighted by Gasteiger charge is 1.98. The Balaban J connectivity index is 2.00. The lowest BCUT2D eigenvalue weighted by atomic mass is 10.1. The lowest BCUT2D eigenvalue weighted by Crippen LogP contribution is -1.96. The summed E-state index contributed by atoms with van der Waals surface area (Å²) in [5.41, 5.74) is 2.70. The molecule has 0 amide bonds. The fourth-order valence-electron chi connectivity index (χ4n) is 1.62. The Kier molecular flexibility index (Phi) is 3.83. The van der Waals surface area contributed by atoms with Crippen LogP contribution in [0.5, 0.6) is 5.75 Å². The van der Waals surface area contributed by atoms with Gasteiger partial charge in [-0.2, -0.15) is 5.26 Å². The van der Waals surface area contributed by atoms with Crippen LogP contribution in [-0.2, 0) is 6.61 Å². The van der Waals surface area contributed by atoms with Crippen LogP contribution in [0.2, 0.25) is 0 Å². The zero-order valence-electron chi connectivity index (χ0n) is 10.2. The third-order valence-corrected chi connectivity index (χ3v) is 2.60. The molecule has 1 N–H and O–H groups in total. The van der Waals surface area contributed by atoms with Crippen LogP contribution in [0, 0.1) is 11.3 Å². The number of nitrogens with zero attached hydrogens (tertiary/aromatic N) is 1. The van der Waals surface area contributed by atoms with Gasteiger partial charge in [0, 0.05) is 12.7 Å². The Morgan fingerprint density at radius 2 is 1.94 bits per heavy atom. The van der Waals surface area contributed by atoms with Crippen molar-refractivity contribution in [3.8, 4) is 11.8 Å². The summed E-state index contributed by atoms with van der Waals surface area (Å²) in [6.07, 6.45) is 0. The molecule has 0 bridgehead atoms. The molecule has 0 saturated heterocycles. The Morgan fingerprint density at radius 3 is 2.61 bits per heavy atom. The summed E-state index contributed by atoms with van der Waals surface area (Å²) in [5, 5.41) is 11.9. The highest BCUT2D eigenvalue weighted by molar-refractivity contribution is 5.45. The van der Waals surface area contributed by atoms with E-state index < -0.39 is 0 Å². The van der Waals surface area contributed by atoms with Crippen LogP contribution in [0.3, 0.4) is 0 Å². The van der Waals surface area contributed by atoms with Crippen LogP contribution in [0.25, 0.3) is 0 Å². The zero-order valence-corrected chi connectivity index (χ0v) is 10.2. The number of anilines is 1. The van der Waals surface area contributed by atoms with E-state index in [1.165, 1.54) is 0 Å². The quantitative estimate of drug-likeness (QED) is 0.889. The van der Waals surface area contributed by atoms with Gasteiger partial charge in [0.05, 0.1) is 11.6 Å². The molecule has 90 valence electrons. The van der Waals surface area contributed by atoms with E-state index in [0.717, 1.165) is 17.0 Å². The molecule has 0 aliphatic carbocycles. The van der Waals surface area contributed by atoms with Crippen LogP contribution in [0.1, 0.15) is 11.1 Å². The molecule has 2 aromatic rings. The molecular formula is C15H14N2O. The summed E-state index contributed by atoms with van der Waals surface area (Å²) < 4.78 is 5.65. The molecule has 0 atom stereocenters. The Morgan fingerprint density at radius 1 is 1.17 bits per heavy atom. The summed E-state index contributed by atoms with van der Waals surface area (Å²) in [4.78, 5) is 0. The van der Waals surface area contributed by atoms with E-state index >= 15 is 0 Å². The maximum atomic E-state index is 8.81. The molecule has 3 nitrogen and oxygen atoms in total. The summed E-state index contributed by atoms with van der Waals surface area (Å²) in [5.74, 6) is 0.816. The zero-order chi connectivity index (χ0) is 12.8. The van der Waals surface area contributed by atoms with Crippen LogP contribution < -0.4 is 10.1 Å². The van der Waals surface area contributed by atoms with Gasteiger partial charge in [-0.15, -0.1) is 0 Å². The van der Waals surface area contributed by atoms with Crippen molar-refractivity contribution in [3.05, 3.63) is 59.7 Å². The molecule has 0 spiro atoms. The van der Waals surface area contributed by atoms with Gasteiger partial charge in [0.1, 0.15) is 12.4 Å². The highest BCUT2D eigenvalue weighted by Crippen LogP contribution is 2.16. The van der Waals surface area contributed by atoms with Crippen molar-refractivity contribution < 1.29 is 4.74 Å². The number of hydrogen-bond donors (Lipinski definition) is 1. The molecule has 0 unspecified atom stereocenters. The van der Waals surface area contributed by atoms with E-state index in [2.05, 4.69) is 11.4 Å². The first-order chi connectivity index (χ1) is 8.81. The second kappa shape index (κ2) is 5.74. The SMILES string of the molecule is CNc1ccc(OCc2cccc(C#N)c2)cc1. The topological polar surface area (TPSA) is 45.0 Å². The number of benzene rings is 2. The number of hydrogen-bond acceptors (Lipinski definition) is 3. The minimum Gasteiger partial charge on any atom is -0.489 e. The largest absolute Gasteiger partial charge is 0.489 e. The molecule has 2 aromatic carbocycles. The van der Waals surface area contributed by atoms with Gasteiger partial charge in [0.25, 0.3) is 0 Å². The van der Waals surface area contributed by atoms with E-state index in [0.29, 0.717) is 12.2 Å². The third kappa shape index (κ3) is 3.02. The van der Waals surface area contributed by atoms with Crippen LogP contribution in [0.4, 0.5) is 5.69 Å². The lowest BCUT2D eigenvalue weighted by molar-refractivity contribution is 0.306. The minimum atomic E-state index is 0.467. The van der Waals surface area contributed by atoms with Crippen molar-refractivity contribution in [1.29, 1.82) is 5.26 Å². The molecule has 0 saturated carbocycles. The van der Waals surface area contributed by atoms with Crippen LogP contribution in [-0.4, -0.2) is 7.05 Å². The van der Waals surface area contributed by atoms with Crippen molar-refractivity contribution in [3.63, 3.8) is 0 Å². The molecule has 0 radical (unpaired) electrons. The Labute approximate surface area is 107 Å². The first-order valence-electron chi connectivity index (χ1n) is 5.71. The molecule has 0 aliphatic rings. The standard InChI is InChI=1S/C15H14N2O/c1-17-14-5-7-15(8-6-14)18-11-13-4-2-3-12(9-13)10-16/h2-9,17H,11H2,1H3. The molecule has 0 aromatic heterocycles. The van der Waals surface area contributed by atoms with E-state index in [1.807, 2.05) is 49.5 Å². The number of rotatable bonds is 4. The van der Waals surface area contributed by atoms with Crippen molar-refractivity contribution in [1.82, 2.24) is 0 Å². The fourth-order valence-corrected chi connectivity index (χ4v) is 1.62. The normalized spacial score (nSPS) is 9.56. The number of nitriles is 1. The van der Waals surface area contributed by atoms with E-state index in [-0.39, 0.29) is 0 Å². The molecule has 0 aliphatic heterocycles. The number of nitrogens with one attached hydrogen (secondary N) is 1. The van der Waals surface area contributed by atoms with Crippen molar-refractivity contribution in [2.24, 2.45) is 0 Å². The first-order valence-corrected chi connectivity index (χ1v) is 5.71. The van der Waals surface area contributed by atoms with E-state index in [9.17, 15) is 0 Å². The molecule has 0 fully saturated rings. The Hall–Kier alpha value is -2.47. The molecule has 0 heterocycles. The maximum absolute atomic E-state index is 8.81. The van der Waals surface area contributed by atoms with Crippen molar-refractivity contribution in [2.45, 2.75) is 6.61 Å². The molecular weight excluding hydrogens is 224 g/mol. The smallest absolute Gasteiger partial charge is 0.119 e. The van der Waals surface area contributed by atoms with Crippen LogP contribution in [0.15, 0.2) is 48.5 Å². The van der Waals surface area contributed by atoms with Gasteiger partial charge in [-0.05, 0) is 42.0 Å². The monoisotopic (exact) mass is 238 g/mol. The molecule has 18 heavy (non-hydrogen) atoms. The number of ether oxygens (including phenoxy) is 1. The highest BCUT2D eigenvalue weighted by atomic mass is 16.5. The average molecular weight is 238 g/mol. The predicted octanol–water partition coefficient (Wildman–Crippen LogP) is 3.18. The summed E-state index contributed by atoms with van der Waals surface area (Å²) in [6.45, 7) is 0.467. The average Bonchev–Trinajstić information content (AvgIpc) is 2.46. The summed E-state index contributed by atoms with van der Waals surface area (Å²) in [7, 11) is 1.88. The van der Waals surface area contributed by atoms with Gasteiger partial charge >= 0.3 is 0 Å². The fraction of sp³-hybridized carbons (Fsp3) is 0.133. The molecule has 2 rings (SSSR count). The van der Waals surface area contributed by atoms with Gasteiger partial charge in [-0.3, -0.25) is 0 Å². The lowest BCUT2D eigenvalue weighted by Gasteiger charge is -2.07. The predicted molar refractivity (Wildman–Crippen MR) is 71.5 cm³/mol. The minimum absolute atomic E-state index is 0.467. The van der Waals surface area contributed by atoms with E-state index in [4.69, 9.17) is 10.00 Å². The van der Waals surface area contributed by atoms with Gasteiger partial charge in [0.15, 0.2) is 0 Å². The second-order valence-corrected chi connectivity index (χ2v) is 3.88. The maximum Gasteiger partial charge on any atom is 0.119 e. The third-order valence-electron chi connectivity index (χ3n) is 2.60. The van der Waals surface area contributed by atoms with Gasteiger partial charge in [-0.25, -0.2) is 0 Å². The first kappa shape index (κ1) is 12.0. The van der Waals surface area contributed by atoms with Crippen LogP contribution >= 0.6 is 0 Å². The molecule has 3 heteroatoms. The van der Waals surface area contributed by atoms with Crippen molar-refractivity contribution in [2.75, 3.05) is 12.4 Å². The van der Waals surface area contributed by atoms with Gasteiger partial charge in [0.2, 0.25) is 0 Å². The van der Waals surface area contributed by atoms with Gasteiger partial charge in [-0.1, -0.05) is 12.1 Å². The summed E-state index contributed by atoms with van der Waals surface area (Å²) >= 11 is 0. The van der Waals surface area contributed by atoms with Gasteiger partial charge < -0.3 is 10.1 Å². The van der Waals surface area contributed by atoms with Crippen molar-refractivity contribution >= 4 is 5.69 Å². The van der Waals surface area contributed by atoms with E-state index in [1.54, 1.807) is 6.07 Å².